The van der Waals surface area contributed by atoms with Crippen molar-refractivity contribution in [2.45, 2.75) is 4.90 Å². The van der Waals surface area contributed by atoms with Crippen LogP contribution < -0.4 is 0 Å². The SMILES string of the molecule is O=C(c1cncc(Br)c1)N1CCN(S(=O)(=O)c2cccc(F)c2)CC1. The first-order valence-corrected chi connectivity index (χ1v) is 9.77. The topological polar surface area (TPSA) is 70.6 Å². The summed E-state index contributed by atoms with van der Waals surface area (Å²) < 4.78 is 40.4. The number of piperazine rings is 1. The van der Waals surface area contributed by atoms with Gasteiger partial charge >= 0.3 is 0 Å². The van der Waals surface area contributed by atoms with E-state index in [4.69, 9.17) is 0 Å². The number of carbonyl (C=O) groups excluding carboxylic acids is 1. The summed E-state index contributed by atoms with van der Waals surface area (Å²) >= 11 is 3.27. The fraction of sp³-hybridized carbons (Fsp3) is 0.250. The molecule has 1 fully saturated rings. The molecule has 2 heterocycles. The molecule has 6 nitrogen and oxygen atoms in total. The van der Waals surface area contributed by atoms with Crippen molar-refractivity contribution in [3.8, 4) is 0 Å². The van der Waals surface area contributed by atoms with Crippen LogP contribution in [0.25, 0.3) is 0 Å². The van der Waals surface area contributed by atoms with Crippen LogP contribution in [0.4, 0.5) is 4.39 Å². The molecule has 1 saturated heterocycles. The number of benzene rings is 1. The summed E-state index contributed by atoms with van der Waals surface area (Å²) in [5.41, 5.74) is 0.441. The van der Waals surface area contributed by atoms with Gasteiger partial charge in [0.2, 0.25) is 10.0 Å². The van der Waals surface area contributed by atoms with E-state index in [1.165, 1.54) is 28.7 Å². The number of sulfonamides is 1. The summed E-state index contributed by atoms with van der Waals surface area (Å²) in [5.74, 6) is -0.798. The van der Waals surface area contributed by atoms with Gasteiger partial charge in [-0.2, -0.15) is 4.31 Å². The van der Waals surface area contributed by atoms with Gasteiger partial charge in [0.25, 0.3) is 5.91 Å². The van der Waals surface area contributed by atoms with E-state index in [0.717, 1.165) is 6.07 Å². The molecular weight excluding hydrogens is 413 g/mol. The summed E-state index contributed by atoms with van der Waals surface area (Å²) in [6, 6.07) is 6.60. The lowest BCUT2D eigenvalue weighted by Gasteiger charge is -2.34. The molecule has 9 heteroatoms. The van der Waals surface area contributed by atoms with Crippen molar-refractivity contribution in [1.29, 1.82) is 0 Å². The lowest BCUT2D eigenvalue weighted by Crippen LogP contribution is -2.50. The lowest BCUT2D eigenvalue weighted by molar-refractivity contribution is 0.0697. The molecule has 1 aliphatic heterocycles. The minimum Gasteiger partial charge on any atom is -0.336 e. The molecule has 0 saturated carbocycles. The Morgan fingerprint density at radius 1 is 1.12 bits per heavy atom. The van der Waals surface area contributed by atoms with Gasteiger partial charge in [-0.15, -0.1) is 0 Å². The number of nitrogens with zero attached hydrogens (tertiary/aromatic N) is 3. The van der Waals surface area contributed by atoms with Crippen molar-refractivity contribution in [1.82, 2.24) is 14.2 Å². The zero-order chi connectivity index (χ0) is 18.0. The van der Waals surface area contributed by atoms with Crippen molar-refractivity contribution < 1.29 is 17.6 Å². The molecular formula is C16H15BrFN3O3S. The number of pyridine rings is 1. The highest BCUT2D eigenvalue weighted by Gasteiger charge is 2.30. The Labute approximate surface area is 153 Å². The Bertz CT molecular complexity index is 899. The van der Waals surface area contributed by atoms with E-state index in [1.54, 1.807) is 17.2 Å². The molecule has 132 valence electrons. The van der Waals surface area contributed by atoms with Gasteiger partial charge in [0.1, 0.15) is 5.82 Å². The number of amides is 1. The summed E-state index contributed by atoms with van der Waals surface area (Å²) in [6.45, 7) is 0.845. The van der Waals surface area contributed by atoms with E-state index < -0.39 is 15.8 Å². The van der Waals surface area contributed by atoms with E-state index >= 15 is 0 Å². The molecule has 0 atom stereocenters. The molecule has 0 radical (unpaired) electrons. The van der Waals surface area contributed by atoms with Gasteiger partial charge in [-0.05, 0) is 40.2 Å². The maximum atomic E-state index is 13.3. The molecule has 1 aliphatic rings. The zero-order valence-corrected chi connectivity index (χ0v) is 15.5. The van der Waals surface area contributed by atoms with Crippen LogP contribution in [0.3, 0.4) is 0 Å². The summed E-state index contributed by atoms with van der Waals surface area (Å²) in [7, 11) is -3.77. The number of carbonyl (C=O) groups is 1. The average molecular weight is 428 g/mol. The van der Waals surface area contributed by atoms with E-state index in [-0.39, 0.29) is 37.0 Å². The van der Waals surface area contributed by atoms with Gasteiger partial charge in [0.15, 0.2) is 0 Å². The molecule has 0 bridgehead atoms. The largest absolute Gasteiger partial charge is 0.336 e. The molecule has 2 aromatic rings. The highest BCUT2D eigenvalue weighted by molar-refractivity contribution is 9.10. The Morgan fingerprint density at radius 2 is 1.84 bits per heavy atom. The van der Waals surface area contributed by atoms with Crippen LogP contribution >= 0.6 is 15.9 Å². The molecule has 0 N–H and O–H groups in total. The van der Waals surface area contributed by atoms with Crippen LogP contribution in [0.2, 0.25) is 0 Å². The van der Waals surface area contributed by atoms with Gasteiger partial charge < -0.3 is 4.90 Å². The van der Waals surface area contributed by atoms with Gasteiger partial charge in [-0.1, -0.05) is 6.07 Å². The quantitative estimate of drug-likeness (QED) is 0.751. The summed E-state index contributed by atoms with van der Waals surface area (Å²) in [4.78, 5) is 17.9. The maximum Gasteiger partial charge on any atom is 0.255 e. The Morgan fingerprint density at radius 3 is 2.48 bits per heavy atom. The predicted octanol–water partition coefficient (Wildman–Crippen LogP) is 2.13. The molecule has 0 spiro atoms. The number of halogens is 2. The third kappa shape index (κ3) is 3.88. The highest BCUT2D eigenvalue weighted by Crippen LogP contribution is 2.19. The monoisotopic (exact) mass is 427 g/mol. The van der Waals surface area contributed by atoms with E-state index in [9.17, 15) is 17.6 Å². The molecule has 25 heavy (non-hydrogen) atoms. The molecule has 3 rings (SSSR count). The van der Waals surface area contributed by atoms with Gasteiger partial charge in [-0.25, -0.2) is 12.8 Å². The molecule has 1 aromatic heterocycles. The third-order valence-corrected chi connectivity index (χ3v) is 6.24. The van der Waals surface area contributed by atoms with E-state index in [1.807, 2.05) is 0 Å². The predicted molar refractivity (Wildman–Crippen MR) is 93.0 cm³/mol. The van der Waals surface area contributed by atoms with Gasteiger partial charge in [0, 0.05) is 43.0 Å². The van der Waals surface area contributed by atoms with Gasteiger partial charge in [-0.3, -0.25) is 9.78 Å². The average Bonchev–Trinajstić information content (AvgIpc) is 2.61. The first-order valence-electron chi connectivity index (χ1n) is 7.53. The molecule has 0 aliphatic carbocycles. The van der Waals surface area contributed by atoms with Gasteiger partial charge in [0.05, 0.1) is 10.5 Å². The molecule has 1 aromatic carbocycles. The van der Waals surface area contributed by atoms with E-state index in [0.29, 0.717) is 10.0 Å². The first kappa shape index (κ1) is 18.0. The maximum absolute atomic E-state index is 13.3. The van der Waals surface area contributed by atoms with Crippen molar-refractivity contribution in [3.63, 3.8) is 0 Å². The van der Waals surface area contributed by atoms with Crippen molar-refractivity contribution >= 4 is 31.9 Å². The normalized spacial score (nSPS) is 16.0. The fourth-order valence-electron chi connectivity index (χ4n) is 2.62. The van der Waals surface area contributed by atoms with Crippen LogP contribution in [0.5, 0.6) is 0 Å². The first-order chi connectivity index (χ1) is 11.9. The minimum absolute atomic E-state index is 0.0801. The van der Waals surface area contributed by atoms with E-state index in [2.05, 4.69) is 20.9 Å². The molecule has 0 unspecified atom stereocenters. The number of hydrogen-bond donors (Lipinski definition) is 0. The second kappa shape index (κ2) is 7.19. The summed E-state index contributed by atoms with van der Waals surface area (Å²) in [5, 5.41) is 0. The number of aromatic nitrogens is 1. The standard InChI is InChI=1S/C16H15BrFN3O3S/c17-13-8-12(10-19-11-13)16(22)20-4-6-21(7-5-20)25(23,24)15-3-1-2-14(18)9-15/h1-3,8-11H,4-7H2. The van der Waals surface area contributed by atoms with Crippen molar-refractivity contribution in [2.24, 2.45) is 0 Å². The highest BCUT2D eigenvalue weighted by atomic mass is 79.9. The Kier molecular flexibility index (Phi) is 5.16. The Hall–Kier alpha value is -1.84. The third-order valence-electron chi connectivity index (χ3n) is 3.91. The second-order valence-corrected chi connectivity index (χ2v) is 8.40. The Balaban J connectivity index is 1.70. The smallest absolute Gasteiger partial charge is 0.255 e. The van der Waals surface area contributed by atoms with Crippen LogP contribution in [-0.4, -0.2) is 54.7 Å². The van der Waals surface area contributed by atoms with Crippen LogP contribution in [0.1, 0.15) is 10.4 Å². The minimum atomic E-state index is -3.77. The lowest BCUT2D eigenvalue weighted by atomic mass is 10.2. The van der Waals surface area contributed by atoms with Crippen LogP contribution in [0, 0.1) is 5.82 Å². The number of rotatable bonds is 3. The fourth-order valence-corrected chi connectivity index (χ4v) is 4.44. The molecule has 1 amide bonds. The van der Waals surface area contributed by atoms with Crippen LogP contribution in [-0.2, 0) is 10.0 Å². The number of hydrogen-bond acceptors (Lipinski definition) is 4. The summed E-state index contributed by atoms with van der Waals surface area (Å²) in [6.07, 6.45) is 3.06. The second-order valence-electron chi connectivity index (χ2n) is 5.55. The van der Waals surface area contributed by atoms with Crippen LogP contribution in [0.15, 0.2) is 52.1 Å². The van der Waals surface area contributed by atoms with Crippen molar-refractivity contribution in [2.75, 3.05) is 26.2 Å². The van der Waals surface area contributed by atoms with Crippen molar-refractivity contribution in [3.05, 3.63) is 58.6 Å². The zero-order valence-electron chi connectivity index (χ0n) is 13.1.